The summed E-state index contributed by atoms with van der Waals surface area (Å²) < 4.78 is 38.8. The molecule has 0 N–H and O–H groups in total. The van der Waals surface area contributed by atoms with Gasteiger partial charge in [-0.25, -0.2) is 0 Å². The molecule has 6 heterocycles. The van der Waals surface area contributed by atoms with Gasteiger partial charge in [-0.2, -0.15) is 0 Å². The van der Waals surface area contributed by atoms with Gasteiger partial charge in [-0.1, -0.05) is 36.4 Å². The van der Waals surface area contributed by atoms with Gasteiger partial charge in [-0.15, -0.1) is 0 Å². The smallest absolute Gasteiger partial charge is 0.205 e. The summed E-state index contributed by atoms with van der Waals surface area (Å²) >= 11 is 0. The topological polar surface area (TPSA) is 164 Å². The van der Waals surface area contributed by atoms with Gasteiger partial charge in [0.1, 0.15) is 36.3 Å². The van der Waals surface area contributed by atoms with Crippen LogP contribution in [0, 0.1) is 23.7 Å². The Bertz CT molecular complexity index is 2240. The van der Waals surface area contributed by atoms with Gasteiger partial charge in [0.05, 0.1) is 34.2 Å². The van der Waals surface area contributed by atoms with Crippen molar-refractivity contribution < 1.29 is 57.2 Å². The largest absolute Gasteiger partial charge is 0.479 e. The van der Waals surface area contributed by atoms with Crippen LogP contribution >= 0.6 is 0 Å². The van der Waals surface area contributed by atoms with E-state index in [2.05, 4.69) is 0 Å². The Hall–Kier alpha value is -4.62. The summed E-state index contributed by atoms with van der Waals surface area (Å²) in [4.78, 5) is 77.4. The average molecular weight is 789 g/mol. The number of epoxide rings is 2. The van der Waals surface area contributed by atoms with Crippen LogP contribution in [0.2, 0.25) is 0 Å². The van der Waals surface area contributed by atoms with Crippen LogP contribution < -0.4 is 9.47 Å². The first kappa shape index (κ1) is 36.5. The third kappa shape index (κ3) is 3.64. The zero-order chi connectivity index (χ0) is 40.8. The van der Waals surface area contributed by atoms with Crippen LogP contribution in [-0.4, -0.2) is 92.7 Å². The monoisotopic (exact) mass is 788 g/mol. The van der Waals surface area contributed by atoms with E-state index in [0.29, 0.717) is 46.6 Å². The summed E-state index contributed by atoms with van der Waals surface area (Å²) in [5, 5.41) is 0. The van der Waals surface area contributed by atoms with Crippen molar-refractivity contribution in [1.29, 1.82) is 0 Å². The van der Waals surface area contributed by atoms with E-state index in [1.54, 1.807) is 62.4 Å². The van der Waals surface area contributed by atoms with Gasteiger partial charge in [0.15, 0.2) is 34.0 Å². The lowest BCUT2D eigenvalue weighted by Crippen LogP contribution is -2.80. The molecule has 12 heteroatoms. The van der Waals surface area contributed by atoms with Crippen molar-refractivity contribution in [3.63, 3.8) is 0 Å². The highest BCUT2D eigenvalue weighted by atomic mass is 16.7. The summed E-state index contributed by atoms with van der Waals surface area (Å²) in [6.07, 6.45) is 5.54. The van der Waals surface area contributed by atoms with Crippen LogP contribution in [0.25, 0.3) is 0 Å². The second-order valence-electron chi connectivity index (χ2n) is 19.0. The minimum atomic E-state index is -1.36. The molecule has 58 heavy (non-hydrogen) atoms. The third-order valence-corrected chi connectivity index (χ3v) is 15.6. The molecule has 4 saturated heterocycles. The second-order valence-corrected chi connectivity index (χ2v) is 19.0. The zero-order valence-corrected chi connectivity index (χ0v) is 33.1. The predicted octanol–water partition coefficient (Wildman–Crippen LogP) is 4.88. The molecule has 0 unspecified atom stereocenters. The quantitative estimate of drug-likeness (QED) is 0.222. The molecule has 12 nitrogen and oxygen atoms in total. The van der Waals surface area contributed by atoms with Crippen LogP contribution in [0.4, 0.5) is 0 Å². The number of aldehydes is 2. The highest BCUT2D eigenvalue weighted by molar-refractivity contribution is 6.15. The van der Waals surface area contributed by atoms with Crippen LogP contribution in [0.1, 0.15) is 87.9 Å². The number of rotatable bonds is 6. The normalized spacial score (nSPS) is 45.2. The summed E-state index contributed by atoms with van der Waals surface area (Å²) in [7, 11) is 0. The Kier molecular flexibility index (Phi) is 6.76. The summed E-state index contributed by atoms with van der Waals surface area (Å²) in [5.74, 6) is -0.592. The number of carbonyl (C=O) groups excluding carboxylic acids is 6. The van der Waals surface area contributed by atoms with Crippen LogP contribution in [0.15, 0.2) is 71.8 Å². The maximum absolute atomic E-state index is 13.7. The molecule has 300 valence electrons. The van der Waals surface area contributed by atoms with Gasteiger partial charge in [0.25, 0.3) is 0 Å². The Morgan fingerprint density at radius 1 is 0.621 bits per heavy atom. The van der Waals surface area contributed by atoms with E-state index in [-0.39, 0.29) is 47.8 Å². The number of fused-ring (bicyclic) bond motifs is 2. The fourth-order valence-corrected chi connectivity index (χ4v) is 13.4. The first-order valence-electron chi connectivity index (χ1n) is 20.2. The molecule has 12 atom stereocenters. The molecule has 6 aliphatic heterocycles. The maximum Gasteiger partial charge on any atom is 0.205 e. The molecule has 6 saturated carbocycles. The number of allylic oxidation sites excluding steroid dienone is 2. The van der Waals surface area contributed by atoms with Crippen molar-refractivity contribution in [1.82, 2.24) is 0 Å². The minimum Gasteiger partial charge on any atom is -0.479 e. The Morgan fingerprint density at radius 3 is 1.38 bits per heavy atom. The first-order chi connectivity index (χ1) is 27.5. The van der Waals surface area contributed by atoms with Gasteiger partial charge in [-0.05, 0) is 89.8 Å². The Balaban J connectivity index is 0.000000133. The number of carbonyl (C=O) groups is 6. The molecule has 0 aromatic heterocycles. The van der Waals surface area contributed by atoms with E-state index in [1.165, 1.54) is 0 Å². The van der Waals surface area contributed by atoms with Gasteiger partial charge in [0.2, 0.25) is 22.8 Å². The average Bonchev–Trinajstić information content (AvgIpc) is 4.12. The van der Waals surface area contributed by atoms with Gasteiger partial charge >= 0.3 is 0 Å². The van der Waals surface area contributed by atoms with Crippen LogP contribution in [-0.2, 0) is 38.1 Å². The first-order valence-corrected chi connectivity index (χ1v) is 20.2. The van der Waals surface area contributed by atoms with E-state index in [1.807, 2.05) is 39.8 Å². The molecule has 0 amide bonds. The van der Waals surface area contributed by atoms with Crippen molar-refractivity contribution >= 4 is 35.7 Å². The third-order valence-electron chi connectivity index (χ3n) is 15.6. The lowest BCUT2D eigenvalue weighted by atomic mass is 9.46. The van der Waals surface area contributed by atoms with Gasteiger partial charge in [0, 0.05) is 24.7 Å². The SMILES string of the molecule is C/C(C=O)=C\C[C@]12OC(C)(C)[C@@H]3C[C@H](C1=O)[C@@H]1O[C@@]14C(=O)c1ccccc1O[C@]324.C/C(C=O)=C\C[C@]12OC(C)(C)[C@@H]3C[C@H](C1=O)[C@@H]1O[C@@]14C(=O)c1ccccc1O[C@]324. The molecule has 14 rings (SSSR count). The number of Topliss-reactive ketones (excluding diaryl/α,β-unsaturated/α-hetero) is 4. The van der Waals surface area contributed by atoms with Crippen LogP contribution in [0.3, 0.4) is 0 Å². The lowest BCUT2D eigenvalue weighted by molar-refractivity contribution is -0.192. The summed E-state index contributed by atoms with van der Waals surface area (Å²) in [6.45, 7) is 11.2. The van der Waals surface area contributed by atoms with Crippen molar-refractivity contribution in [2.24, 2.45) is 23.7 Å². The lowest BCUT2D eigenvalue weighted by Gasteiger charge is -2.57. The number of hydrogen-bond acceptors (Lipinski definition) is 12. The number of ether oxygens (including phenoxy) is 6. The van der Waals surface area contributed by atoms with Crippen molar-refractivity contribution in [2.75, 3.05) is 0 Å². The van der Waals surface area contributed by atoms with Crippen molar-refractivity contribution in [3.8, 4) is 11.5 Å². The molecule has 2 aromatic carbocycles. The maximum atomic E-state index is 13.7. The highest BCUT2D eigenvalue weighted by Crippen LogP contribution is 2.78. The predicted molar refractivity (Wildman–Crippen MR) is 201 cm³/mol. The Labute approximate surface area is 334 Å². The standard InChI is InChI=1S/2C23H22O6/c2*1-12(11-24)8-9-21-17(25)14-10-16(20(2,3)29-21)23(21)22(19(14)28-22)18(26)13-6-4-5-7-15(13)27-23/h2*4-8,11,14,16,19H,9-10H2,1-3H3/b2*12-8+/t2*14-,16+,19+,21+,22+,23-/m11/s1. The summed E-state index contributed by atoms with van der Waals surface area (Å²) in [5.41, 5.74) is -6.91. The summed E-state index contributed by atoms with van der Waals surface area (Å²) in [6, 6.07) is 14.3. The molecule has 8 bridgehead atoms. The number of hydrogen-bond donors (Lipinski definition) is 0. The number of benzene rings is 2. The van der Waals surface area contributed by atoms with E-state index < -0.39 is 68.9 Å². The van der Waals surface area contributed by atoms with E-state index in [9.17, 15) is 28.8 Å². The Morgan fingerprint density at radius 2 is 1.00 bits per heavy atom. The van der Waals surface area contributed by atoms with E-state index >= 15 is 0 Å². The van der Waals surface area contributed by atoms with Gasteiger partial charge < -0.3 is 28.4 Å². The van der Waals surface area contributed by atoms with Gasteiger partial charge in [-0.3, -0.25) is 28.8 Å². The fourth-order valence-electron chi connectivity index (χ4n) is 13.4. The van der Waals surface area contributed by atoms with E-state index in [0.717, 1.165) is 12.6 Å². The molecule has 0 radical (unpaired) electrons. The molecule has 12 aliphatic rings. The van der Waals surface area contributed by atoms with Crippen LogP contribution in [0.5, 0.6) is 11.5 Å². The minimum absolute atomic E-state index is 0.0698. The van der Waals surface area contributed by atoms with Crippen molar-refractivity contribution in [3.05, 3.63) is 83.0 Å². The number of para-hydroxylation sites is 2. The molecular weight excluding hydrogens is 744 g/mol. The van der Waals surface area contributed by atoms with Crippen molar-refractivity contribution in [2.45, 2.75) is 124 Å². The van der Waals surface area contributed by atoms with E-state index in [4.69, 9.17) is 28.4 Å². The number of ketones is 4. The zero-order valence-electron chi connectivity index (χ0n) is 33.1. The molecular formula is C46H44O12. The highest BCUT2D eigenvalue weighted by Gasteiger charge is 2.99. The molecule has 6 aliphatic carbocycles. The molecule has 2 aromatic rings. The second kappa shape index (κ2) is 10.8. The molecule has 10 fully saturated rings. The molecule has 4 spiro atoms. The fraction of sp³-hybridized carbons (Fsp3) is 0.522.